The number of carbonyl (C=O) groups is 2. The van der Waals surface area contributed by atoms with Crippen molar-refractivity contribution in [1.29, 1.82) is 0 Å². The summed E-state index contributed by atoms with van der Waals surface area (Å²) in [6, 6.07) is 0. The van der Waals surface area contributed by atoms with Crippen LogP contribution in [0, 0.1) is 11.8 Å². The zero-order valence-corrected chi connectivity index (χ0v) is 7.91. The van der Waals surface area contributed by atoms with Crippen LogP contribution in [0.3, 0.4) is 0 Å². The highest BCUT2D eigenvalue weighted by atomic mass is 19.4. The van der Waals surface area contributed by atoms with E-state index in [0.29, 0.717) is 0 Å². The Balaban J connectivity index is 4.43. The van der Waals surface area contributed by atoms with Crippen LogP contribution in [0.5, 0.6) is 0 Å². The van der Waals surface area contributed by atoms with E-state index < -0.39 is 42.8 Å². The summed E-state index contributed by atoms with van der Waals surface area (Å²) in [6.45, 7) is 1.08. The van der Waals surface area contributed by atoms with Gasteiger partial charge < -0.3 is 10.2 Å². The third kappa shape index (κ3) is 5.24. The average Bonchev–Trinajstić information content (AvgIpc) is 2.01. The normalized spacial score (nSPS) is 15.7. The van der Waals surface area contributed by atoms with Crippen LogP contribution in [0.25, 0.3) is 0 Å². The van der Waals surface area contributed by atoms with E-state index in [0.717, 1.165) is 6.92 Å². The highest BCUT2D eigenvalue weighted by molar-refractivity contribution is 5.79. The first-order valence-corrected chi connectivity index (χ1v) is 4.17. The first-order valence-electron chi connectivity index (χ1n) is 4.17. The minimum absolute atomic E-state index is 0.716. The lowest BCUT2D eigenvalue weighted by Crippen LogP contribution is -2.28. The lowest BCUT2D eigenvalue weighted by molar-refractivity contribution is -0.158. The van der Waals surface area contributed by atoms with Gasteiger partial charge in [-0.2, -0.15) is 13.2 Å². The predicted octanol–water partition coefficient (Wildman–Crippen LogP) is 1.75. The van der Waals surface area contributed by atoms with Crippen LogP contribution in [0.4, 0.5) is 13.2 Å². The Morgan fingerprint density at radius 3 is 1.93 bits per heavy atom. The molecule has 7 heteroatoms. The maximum absolute atomic E-state index is 11.8. The van der Waals surface area contributed by atoms with Gasteiger partial charge in [0.05, 0.1) is 11.8 Å². The molecule has 0 aliphatic rings. The second kappa shape index (κ2) is 4.99. The minimum atomic E-state index is -4.47. The molecule has 4 nitrogen and oxygen atoms in total. The van der Waals surface area contributed by atoms with Crippen molar-refractivity contribution in [3.63, 3.8) is 0 Å². The molecular weight excluding hydrogens is 217 g/mol. The molecule has 0 aromatic carbocycles. The number of hydrogen-bond donors (Lipinski definition) is 2. The molecule has 0 amide bonds. The van der Waals surface area contributed by atoms with E-state index in [1.165, 1.54) is 0 Å². The highest BCUT2D eigenvalue weighted by Gasteiger charge is 2.35. The van der Waals surface area contributed by atoms with Crippen LogP contribution in [-0.2, 0) is 9.59 Å². The van der Waals surface area contributed by atoms with Gasteiger partial charge in [-0.3, -0.25) is 9.59 Å². The lowest BCUT2D eigenvalue weighted by atomic mass is 9.90. The van der Waals surface area contributed by atoms with Crippen molar-refractivity contribution < 1.29 is 33.0 Å². The molecule has 0 saturated carbocycles. The van der Waals surface area contributed by atoms with E-state index in [-0.39, 0.29) is 0 Å². The predicted molar refractivity (Wildman–Crippen MR) is 43.2 cm³/mol. The van der Waals surface area contributed by atoms with Crippen LogP contribution < -0.4 is 0 Å². The van der Waals surface area contributed by atoms with Crippen LogP contribution in [0.15, 0.2) is 0 Å². The van der Waals surface area contributed by atoms with Gasteiger partial charge in [0.2, 0.25) is 0 Å². The fourth-order valence-corrected chi connectivity index (χ4v) is 1.08. The third-order valence-electron chi connectivity index (χ3n) is 2.05. The molecule has 0 spiro atoms. The summed E-state index contributed by atoms with van der Waals surface area (Å²) in [4.78, 5) is 21.0. The summed E-state index contributed by atoms with van der Waals surface area (Å²) in [6.07, 6.45) is -6.47. The van der Waals surface area contributed by atoms with Crippen molar-refractivity contribution in [1.82, 2.24) is 0 Å². The summed E-state index contributed by atoms with van der Waals surface area (Å²) < 4.78 is 35.4. The SMILES string of the molecule is CC(C(=O)O)C(CCC(F)(F)F)C(=O)O. The molecule has 0 aliphatic carbocycles. The monoisotopic (exact) mass is 228 g/mol. The average molecular weight is 228 g/mol. The molecule has 0 fully saturated rings. The summed E-state index contributed by atoms with van der Waals surface area (Å²) in [5.74, 6) is -5.77. The Hall–Kier alpha value is -1.27. The van der Waals surface area contributed by atoms with Crippen LogP contribution >= 0.6 is 0 Å². The van der Waals surface area contributed by atoms with Crippen LogP contribution in [0.2, 0.25) is 0 Å². The van der Waals surface area contributed by atoms with E-state index in [1.54, 1.807) is 0 Å². The lowest BCUT2D eigenvalue weighted by Gasteiger charge is -2.17. The second-order valence-corrected chi connectivity index (χ2v) is 3.23. The molecule has 0 radical (unpaired) electrons. The van der Waals surface area contributed by atoms with Gasteiger partial charge in [0.15, 0.2) is 0 Å². The van der Waals surface area contributed by atoms with Gasteiger partial charge >= 0.3 is 18.1 Å². The van der Waals surface area contributed by atoms with Crippen molar-refractivity contribution in [2.24, 2.45) is 11.8 Å². The van der Waals surface area contributed by atoms with Crippen LogP contribution in [0.1, 0.15) is 19.8 Å². The van der Waals surface area contributed by atoms with Gasteiger partial charge in [-0.05, 0) is 6.42 Å². The quantitative estimate of drug-likeness (QED) is 0.751. The second-order valence-electron chi connectivity index (χ2n) is 3.23. The Kier molecular flexibility index (Phi) is 4.57. The Bertz CT molecular complexity index is 249. The molecule has 0 bridgehead atoms. The summed E-state index contributed by atoms with van der Waals surface area (Å²) in [5.41, 5.74) is 0. The fraction of sp³-hybridized carbons (Fsp3) is 0.750. The van der Waals surface area contributed by atoms with Crippen molar-refractivity contribution in [2.45, 2.75) is 25.9 Å². The van der Waals surface area contributed by atoms with Crippen LogP contribution in [-0.4, -0.2) is 28.3 Å². The van der Waals surface area contributed by atoms with Gasteiger partial charge in [0.1, 0.15) is 0 Å². The number of alkyl halides is 3. The Labute approximate surface area is 83.7 Å². The van der Waals surface area contributed by atoms with E-state index in [1.807, 2.05) is 0 Å². The minimum Gasteiger partial charge on any atom is -0.481 e. The zero-order chi connectivity index (χ0) is 12.2. The highest BCUT2D eigenvalue weighted by Crippen LogP contribution is 2.27. The number of rotatable bonds is 5. The number of carboxylic acid groups (broad SMARTS) is 2. The first kappa shape index (κ1) is 13.7. The Morgan fingerprint density at radius 2 is 1.67 bits per heavy atom. The molecule has 0 rings (SSSR count). The number of carboxylic acids is 2. The number of aliphatic carboxylic acids is 2. The van der Waals surface area contributed by atoms with E-state index in [9.17, 15) is 22.8 Å². The summed E-state index contributed by atoms with van der Waals surface area (Å²) in [7, 11) is 0. The molecule has 0 aromatic heterocycles. The molecule has 2 N–H and O–H groups in total. The van der Waals surface area contributed by atoms with E-state index >= 15 is 0 Å². The van der Waals surface area contributed by atoms with Crippen molar-refractivity contribution in [3.8, 4) is 0 Å². The van der Waals surface area contributed by atoms with Gasteiger partial charge in [0.25, 0.3) is 0 Å². The molecule has 0 saturated heterocycles. The molecule has 88 valence electrons. The summed E-state index contributed by atoms with van der Waals surface area (Å²) in [5, 5.41) is 17.0. The molecule has 0 aliphatic heterocycles. The maximum atomic E-state index is 11.8. The van der Waals surface area contributed by atoms with E-state index in [4.69, 9.17) is 10.2 Å². The molecule has 2 unspecified atom stereocenters. The van der Waals surface area contributed by atoms with Gasteiger partial charge in [-0.15, -0.1) is 0 Å². The maximum Gasteiger partial charge on any atom is 0.389 e. The third-order valence-corrected chi connectivity index (χ3v) is 2.05. The van der Waals surface area contributed by atoms with Crippen molar-refractivity contribution in [3.05, 3.63) is 0 Å². The van der Waals surface area contributed by atoms with E-state index in [2.05, 4.69) is 0 Å². The fourth-order valence-electron chi connectivity index (χ4n) is 1.08. The van der Waals surface area contributed by atoms with Crippen molar-refractivity contribution >= 4 is 11.9 Å². The van der Waals surface area contributed by atoms with Gasteiger partial charge in [0, 0.05) is 6.42 Å². The molecule has 2 atom stereocenters. The molecule has 0 aromatic rings. The van der Waals surface area contributed by atoms with Gasteiger partial charge in [-0.25, -0.2) is 0 Å². The topological polar surface area (TPSA) is 74.6 Å². The largest absolute Gasteiger partial charge is 0.481 e. The standard InChI is InChI=1S/C8H11F3O4/c1-4(6(12)13)5(7(14)15)2-3-8(9,10)11/h4-5H,2-3H2,1H3,(H,12,13)(H,14,15). The molecule has 0 heterocycles. The summed E-state index contributed by atoms with van der Waals surface area (Å²) >= 11 is 0. The smallest absolute Gasteiger partial charge is 0.389 e. The van der Waals surface area contributed by atoms with Gasteiger partial charge in [-0.1, -0.05) is 6.92 Å². The zero-order valence-electron chi connectivity index (χ0n) is 7.91. The first-order chi connectivity index (χ1) is 6.65. The van der Waals surface area contributed by atoms with Crippen molar-refractivity contribution in [2.75, 3.05) is 0 Å². The number of halogens is 3. The Morgan fingerprint density at radius 1 is 1.20 bits per heavy atom. The molecular formula is C8H11F3O4. The number of hydrogen-bond acceptors (Lipinski definition) is 2. The molecule has 15 heavy (non-hydrogen) atoms.